The molecule has 0 saturated carbocycles. The summed E-state index contributed by atoms with van der Waals surface area (Å²) in [6, 6.07) is 3.73. The van der Waals surface area contributed by atoms with Crippen molar-refractivity contribution in [2.45, 2.75) is 27.2 Å². The van der Waals surface area contributed by atoms with Gasteiger partial charge in [-0.3, -0.25) is 4.79 Å². The fraction of sp³-hybridized carbons (Fsp3) is 0.357. The third-order valence-corrected chi connectivity index (χ3v) is 3.03. The molecule has 0 atom stereocenters. The first-order valence-electron chi connectivity index (χ1n) is 5.96. The number of amides is 1. The van der Waals surface area contributed by atoms with Crippen molar-refractivity contribution in [3.63, 3.8) is 0 Å². The zero-order valence-electron chi connectivity index (χ0n) is 10.9. The van der Waals surface area contributed by atoms with Crippen LogP contribution in [0.4, 0.5) is 0 Å². The molecule has 18 heavy (non-hydrogen) atoms. The van der Waals surface area contributed by atoms with Gasteiger partial charge in [0.15, 0.2) is 0 Å². The molecule has 1 N–H and O–H groups in total. The number of rotatable bonds is 4. The molecule has 4 nitrogen and oxygen atoms in total. The van der Waals surface area contributed by atoms with Gasteiger partial charge in [0, 0.05) is 18.5 Å². The molecule has 0 fully saturated rings. The van der Waals surface area contributed by atoms with Crippen LogP contribution in [-0.4, -0.2) is 12.5 Å². The number of aryl methyl sites for hydroxylation is 2. The van der Waals surface area contributed by atoms with Crippen molar-refractivity contribution >= 4 is 5.91 Å². The normalized spacial score (nSPS) is 10.6. The van der Waals surface area contributed by atoms with Crippen LogP contribution in [-0.2, 0) is 6.42 Å². The second-order valence-corrected chi connectivity index (χ2v) is 4.30. The molecule has 0 aliphatic rings. The molecule has 1 amide bonds. The van der Waals surface area contributed by atoms with Gasteiger partial charge >= 0.3 is 0 Å². The largest absolute Gasteiger partial charge is 0.469 e. The van der Waals surface area contributed by atoms with Crippen LogP contribution < -0.4 is 5.32 Å². The van der Waals surface area contributed by atoms with E-state index in [2.05, 4.69) is 5.32 Å². The highest BCUT2D eigenvalue weighted by Crippen LogP contribution is 2.20. The highest BCUT2D eigenvalue weighted by Gasteiger charge is 2.17. The zero-order chi connectivity index (χ0) is 13.1. The Kier molecular flexibility index (Phi) is 3.55. The molecule has 4 heteroatoms. The van der Waals surface area contributed by atoms with Crippen molar-refractivity contribution in [1.29, 1.82) is 0 Å². The number of hydrogen-bond acceptors (Lipinski definition) is 3. The molecule has 0 aromatic carbocycles. The van der Waals surface area contributed by atoms with Crippen LogP contribution in [0.2, 0.25) is 0 Å². The predicted octanol–water partition coefficient (Wildman–Crippen LogP) is 2.77. The minimum absolute atomic E-state index is 0.0894. The summed E-state index contributed by atoms with van der Waals surface area (Å²) in [7, 11) is 0. The van der Waals surface area contributed by atoms with Gasteiger partial charge in [-0.25, -0.2) is 0 Å². The van der Waals surface area contributed by atoms with Crippen LogP contribution in [0.25, 0.3) is 0 Å². The van der Waals surface area contributed by atoms with Gasteiger partial charge in [-0.1, -0.05) is 0 Å². The first-order valence-corrected chi connectivity index (χ1v) is 5.96. The number of furan rings is 2. The summed E-state index contributed by atoms with van der Waals surface area (Å²) in [6.07, 6.45) is 2.32. The van der Waals surface area contributed by atoms with Crippen LogP contribution in [0.5, 0.6) is 0 Å². The van der Waals surface area contributed by atoms with E-state index < -0.39 is 0 Å². The van der Waals surface area contributed by atoms with Gasteiger partial charge in [-0.2, -0.15) is 0 Å². The maximum atomic E-state index is 12.0. The minimum atomic E-state index is -0.0894. The Bertz CT molecular complexity index is 538. The van der Waals surface area contributed by atoms with Crippen molar-refractivity contribution in [2.24, 2.45) is 0 Å². The fourth-order valence-corrected chi connectivity index (χ4v) is 1.97. The second-order valence-electron chi connectivity index (χ2n) is 4.30. The Morgan fingerprint density at radius 1 is 1.28 bits per heavy atom. The summed E-state index contributed by atoms with van der Waals surface area (Å²) in [5, 5.41) is 2.87. The standard InChI is InChI=1S/C14H17NO3/c1-9-10(2)18-11(3)13(9)14(16)15-7-6-12-5-4-8-17-12/h4-5,8H,6-7H2,1-3H3,(H,15,16). The second kappa shape index (κ2) is 5.12. The summed E-state index contributed by atoms with van der Waals surface area (Å²) >= 11 is 0. The molecular weight excluding hydrogens is 230 g/mol. The van der Waals surface area contributed by atoms with E-state index in [1.807, 2.05) is 26.0 Å². The van der Waals surface area contributed by atoms with Crippen molar-refractivity contribution in [3.05, 3.63) is 46.8 Å². The number of nitrogens with one attached hydrogen (secondary N) is 1. The van der Waals surface area contributed by atoms with Gasteiger partial charge in [0.2, 0.25) is 0 Å². The lowest BCUT2D eigenvalue weighted by Gasteiger charge is -2.04. The molecule has 0 unspecified atom stereocenters. The lowest BCUT2D eigenvalue weighted by Crippen LogP contribution is -2.26. The SMILES string of the molecule is Cc1oc(C)c(C(=O)NCCc2ccco2)c1C. The van der Waals surface area contributed by atoms with E-state index in [-0.39, 0.29) is 5.91 Å². The third kappa shape index (κ3) is 2.47. The van der Waals surface area contributed by atoms with Gasteiger partial charge in [-0.15, -0.1) is 0 Å². The summed E-state index contributed by atoms with van der Waals surface area (Å²) < 4.78 is 10.6. The number of carbonyl (C=O) groups is 1. The maximum absolute atomic E-state index is 12.0. The molecule has 0 saturated heterocycles. The van der Waals surface area contributed by atoms with E-state index in [1.54, 1.807) is 13.2 Å². The van der Waals surface area contributed by atoms with Gasteiger partial charge in [0.25, 0.3) is 5.91 Å². The van der Waals surface area contributed by atoms with Crippen LogP contribution in [0.15, 0.2) is 27.2 Å². The van der Waals surface area contributed by atoms with E-state index in [1.165, 1.54) is 0 Å². The molecule has 0 radical (unpaired) electrons. The summed E-state index contributed by atoms with van der Waals surface area (Å²) in [4.78, 5) is 12.0. The van der Waals surface area contributed by atoms with E-state index in [9.17, 15) is 4.79 Å². The third-order valence-electron chi connectivity index (χ3n) is 3.03. The highest BCUT2D eigenvalue weighted by atomic mass is 16.3. The smallest absolute Gasteiger partial charge is 0.255 e. The highest BCUT2D eigenvalue weighted by molar-refractivity contribution is 5.96. The predicted molar refractivity (Wildman–Crippen MR) is 67.7 cm³/mol. The van der Waals surface area contributed by atoms with Crippen molar-refractivity contribution < 1.29 is 13.6 Å². The van der Waals surface area contributed by atoms with E-state index >= 15 is 0 Å². The van der Waals surface area contributed by atoms with Crippen LogP contribution in [0.1, 0.15) is 33.2 Å². The molecule has 2 heterocycles. The summed E-state index contributed by atoms with van der Waals surface area (Å²) in [6.45, 7) is 6.12. The average molecular weight is 247 g/mol. The molecule has 96 valence electrons. The Labute approximate surface area is 106 Å². The first-order chi connectivity index (χ1) is 8.59. The molecule has 0 aliphatic heterocycles. The Hall–Kier alpha value is -1.97. The van der Waals surface area contributed by atoms with Crippen molar-refractivity contribution in [2.75, 3.05) is 6.54 Å². The van der Waals surface area contributed by atoms with Gasteiger partial charge in [0.05, 0.1) is 11.8 Å². The summed E-state index contributed by atoms with van der Waals surface area (Å²) in [5.74, 6) is 2.24. The molecule has 0 bridgehead atoms. The lowest BCUT2D eigenvalue weighted by atomic mass is 10.1. The van der Waals surface area contributed by atoms with E-state index in [0.717, 1.165) is 17.1 Å². The quantitative estimate of drug-likeness (QED) is 0.903. The van der Waals surface area contributed by atoms with Crippen LogP contribution in [0.3, 0.4) is 0 Å². The Morgan fingerprint density at radius 2 is 2.06 bits per heavy atom. The van der Waals surface area contributed by atoms with Gasteiger partial charge in [-0.05, 0) is 32.9 Å². The topological polar surface area (TPSA) is 55.4 Å². The zero-order valence-corrected chi connectivity index (χ0v) is 10.9. The molecule has 2 aromatic heterocycles. The number of carbonyl (C=O) groups excluding carboxylic acids is 1. The average Bonchev–Trinajstić information content (AvgIpc) is 2.89. The monoisotopic (exact) mass is 247 g/mol. The minimum Gasteiger partial charge on any atom is -0.469 e. The van der Waals surface area contributed by atoms with Crippen molar-refractivity contribution in [3.8, 4) is 0 Å². The molecule has 2 aromatic rings. The molecule has 0 spiro atoms. The molecular formula is C14H17NO3. The van der Waals surface area contributed by atoms with Gasteiger partial charge in [0.1, 0.15) is 17.3 Å². The Balaban J connectivity index is 1.95. The molecule has 0 aliphatic carbocycles. The van der Waals surface area contributed by atoms with E-state index in [0.29, 0.717) is 24.3 Å². The van der Waals surface area contributed by atoms with Crippen LogP contribution >= 0.6 is 0 Å². The maximum Gasteiger partial charge on any atom is 0.255 e. The first kappa shape index (κ1) is 12.5. The van der Waals surface area contributed by atoms with E-state index in [4.69, 9.17) is 8.83 Å². The Morgan fingerprint density at radius 3 is 2.61 bits per heavy atom. The van der Waals surface area contributed by atoms with Gasteiger partial charge < -0.3 is 14.2 Å². The number of hydrogen-bond donors (Lipinski definition) is 1. The fourth-order valence-electron chi connectivity index (χ4n) is 1.97. The van der Waals surface area contributed by atoms with Crippen molar-refractivity contribution in [1.82, 2.24) is 5.32 Å². The molecule has 2 rings (SSSR count). The lowest BCUT2D eigenvalue weighted by molar-refractivity contribution is 0.0951. The summed E-state index contributed by atoms with van der Waals surface area (Å²) in [5.41, 5.74) is 1.55. The van der Waals surface area contributed by atoms with Crippen LogP contribution in [0, 0.1) is 20.8 Å².